The van der Waals surface area contributed by atoms with Crippen LogP contribution in [-0.2, 0) is 11.3 Å². The first-order chi connectivity index (χ1) is 10.1. The normalized spacial score (nSPS) is 16.0. The molecule has 0 saturated carbocycles. The van der Waals surface area contributed by atoms with Gasteiger partial charge in [-0.15, -0.1) is 0 Å². The molecule has 1 heterocycles. The summed E-state index contributed by atoms with van der Waals surface area (Å²) in [5, 5.41) is 0.722. The zero-order valence-corrected chi connectivity index (χ0v) is 14.0. The van der Waals surface area contributed by atoms with E-state index < -0.39 is 0 Å². The number of methoxy groups -OCH3 is 1. The van der Waals surface area contributed by atoms with Gasteiger partial charge in [0.25, 0.3) is 0 Å². The van der Waals surface area contributed by atoms with Gasteiger partial charge in [-0.05, 0) is 24.5 Å². The average Bonchev–Trinajstić information content (AvgIpc) is 2.48. The molecule has 0 N–H and O–H groups in total. The molecule has 0 radical (unpaired) electrons. The Labute approximate surface area is 135 Å². The molecule has 21 heavy (non-hydrogen) atoms. The third-order valence-corrected chi connectivity index (χ3v) is 4.40. The van der Waals surface area contributed by atoms with Crippen LogP contribution in [0, 0.1) is 0 Å². The van der Waals surface area contributed by atoms with Crippen molar-refractivity contribution >= 4 is 29.3 Å². The van der Waals surface area contributed by atoms with Crippen LogP contribution in [0.25, 0.3) is 0 Å². The molecule has 1 fully saturated rings. The van der Waals surface area contributed by atoms with Gasteiger partial charge in [0, 0.05) is 43.3 Å². The van der Waals surface area contributed by atoms with Crippen LogP contribution in [0.4, 0.5) is 0 Å². The van der Waals surface area contributed by atoms with E-state index in [0.29, 0.717) is 5.75 Å². The number of piperazine rings is 1. The van der Waals surface area contributed by atoms with Gasteiger partial charge >= 0.3 is 0 Å². The molecule has 0 bridgehead atoms. The molecule has 1 saturated heterocycles. The molecule has 1 aliphatic heterocycles. The Balaban J connectivity index is 1.92. The van der Waals surface area contributed by atoms with Crippen LogP contribution in [0.2, 0.25) is 5.02 Å². The molecule has 0 aliphatic carbocycles. The van der Waals surface area contributed by atoms with Gasteiger partial charge in [0.1, 0.15) is 5.75 Å². The molecule has 0 atom stereocenters. The largest absolute Gasteiger partial charge is 0.496 e. The maximum Gasteiger partial charge on any atom is 0.232 e. The monoisotopic (exact) mass is 328 g/mol. The topological polar surface area (TPSA) is 32.8 Å². The summed E-state index contributed by atoms with van der Waals surface area (Å²) in [7, 11) is 1.67. The summed E-state index contributed by atoms with van der Waals surface area (Å²) in [6.45, 7) is 4.16. The summed E-state index contributed by atoms with van der Waals surface area (Å²) in [6, 6.07) is 5.68. The van der Waals surface area contributed by atoms with Crippen LogP contribution >= 0.6 is 23.4 Å². The van der Waals surface area contributed by atoms with Crippen LogP contribution < -0.4 is 4.74 Å². The maximum absolute atomic E-state index is 11.9. The first kappa shape index (κ1) is 16.5. The molecular formula is C15H21ClN2O2S. The highest BCUT2D eigenvalue weighted by Crippen LogP contribution is 2.24. The van der Waals surface area contributed by atoms with E-state index in [1.54, 1.807) is 18.9 Å². The number of carbonyl (C=O) groups excluding carboxylic acids is 1. The molecule has 0 unspecified atom stereocenters. The van der Waals surface area contributed by atoms with E-state index in [1.165, 1.54) is 0 Å². The number of nitrogens with zero attached hydrogens (tertiary/aromatic N) is 2. The molecule has 1 aromatic carbocycles. The predicted molar refractivity (Wildman–Crippen MR) is 88.2 cm³/mol. The first-order valence-corrected chi connectivity index (χ1v) is 8.72. The van der Waals surface area contributed by atoms with E-state index in [1.807, 2.05) is 29.4 Å². The number of ether oxygens (including phenoxy) is 1. The number of carbonyl (C=O) groups is 1. The van der Waals surface area contributed by atoms with Crippen LogP contribution in [-0.4, -0.2) is 61.0 Å². The van der Waals surface area contributed by atoms with Gasteiger partial charge in [-0.3, -0.25) is 9.69 Å². The average molecular weight is 329 g/mol. The molecule has 2 rings (SSSR count). The standard InChI is InChI=1S/C15H21ClN2O2S/c1-20-14-4-3-13(16)9-12(14)10-17-5-7-18(8-6-17)15(19)11-21-2/h3-4,9H,5-8,10-11H2,1-2H3. The number of hydrogen-bond donors (Lipinski definition) is 0. The predicted octanol–water partition coefficient (Wildman–Crippen LogP) is 2.36. The first-order valence-electron chi connectivity index (χ1n) is 6.95. The van der Waals surface area contributed by atoms with E-state index in [4.69, 9.17) is 16.3 Å². The summed E-state index contributed by atoms with van der Waals surface area (Å²) >= 11 is 7.64. The molecule has 4 nitrogen and oxygen atoms in total. The number of benzene rings is 1. The van der Waals surface area contributed by atoms with Gasteiger partial charge in [-0.25, -0.2) is 0 Å². The smallest absolute Gasteiger partial charge is 0.232 e. The van der Waals surface area contributed by atoms with Crippen molar-refractivity contribution < 1.29 is 9.53 Å². The quantitative estimate of drug-likeness (QED) is 0.830. The van der Waals surface area contributed by atoms with Gasteiger partial charge < -0.3 is 9.64 Å². The fourth-order valence-electron chi connectivity index (χ4n) is 2.48. The van der Waals surface area contributed by atoms with Gasteiger partial charge in [0.15, 0.2) is 0 Å². The molecule has 6 heteroatoms. The Kier molecular flexibility index (Phi) is 6.21. The zero-order chi connectivity index (χ0) is 15.2. The molecule has 1 aliphatic rings. The lowest BCUT2D eigenvalue weighted by molar-refractivity contribution is -0.130. The van der Waals surface area contributed by atoms with E-state index in [9.17, 15) is 4.79 Å². The molecule has 0 spiro atoms. The fourth-order valence-corrected chi connectivity index (χ4v) is 3.11. The van der Waals surface area contributed by atoms with Crippen LogP contribution in [0.5, 0.6) is 5.75 Å². The summed E-state index contributed by atoms with van der Waals surface area (Å²) < 4.78 is 5.38. The lowest BCUT2D eigenvalue weighted by atomic mass is 10.1. The minimum Gasteiger partial charge on any atom is -0.496 e. The number of amides is 1. The SMILES string of the molecule is COc1ccc(Cl)cc1CN1CCN(C(=O)CSC)CC1. The minimum absolute atomic E-state index is 0.238. The highest BCUT2D eigenvalue weighted by Gasteiger charge is 2.21. The van der Waals surface area contributed by atoms with Gasteiger partial charge in [0.2, 0.25) is 5.91 Å². The van der Waals surface area contributed by atoms with Crippen LogP contribution in [0.15, 0.2) is 18.2 Å². The number of halogens is 1. The van der Waals surface area contributed by atoms with E-state index in [0.717, 1.165) is 49.1 Å². The summed E-state index contributed by atoms with van der Waals surface area (Å²) in [5.41, 5.74) is 1.09. The second-order valence-corrected chi connectivity index (χ2v) is 6.35. The Morgan fingerprint density at radius 1 is 1.33 bits per heavy atom. The summed E-state index contributed by atoms with van der Waals surface area (Å²) in [5.74, 6) is 1.67. The number of rotatable bonds is 5. The summed E-state index contributed by atoms with van der Waals surface area (Å²) in [4.78, 5) is 16.1. The van der Waals surface area contributed by atoms with E-state index in [2.05, 4.69) is 4.90 Å². The van der Waals surface area contributed by atoms with Crippen molar-refractivity contribution in [2.45, 2.75) is 6.54 Å². The molecule has 116 valence electrons. The van der Waals surface area contributed by atoms with Crippen molar-refractivity contribution in [3.63, 3.8) is 0 Å². The second kappa shape index (κ2) is 7.92. The van der Waals surface area contributed by atoms with Gasteiger partial charge in [-0.2, -0.15) is 11.8 Å². The van der Waals surface area contributed by atoms with Crippen LogP contribution in [0.1, 0.15) is 5.56 Å². The summed E-state index contributed by atoms with van der Waals surface area (Å²) in [6.07, 6.45) is 1.96. The van der Waals surface area contributed by atoms with Crippen molar-refractivity contribution in [3.8, 4) is 5.75 Å². The van der Waals surface area contributed by atoms with Gasteiger partial charge in [0.05, 0.1) is 12.9 Å². The minimum atomic E-state index is 0.238. The Morgan fingerprint density at radius 3 is 2.67 bits per heavy atom. The third-order valence-electron chi connectivity index (χ3n) is 3.63. The van der Waals surface area contributed by atoms with Crippen molar-refractivity contribution in [3.05, 3.63) is 28.8 Å². The lowest BCUT2D eigenvalue weighted by Crippen LogP contribution is -2.48. The molecular weight excluding hydrogens is 308 g/mol. The Bertz CT molecular complexity index is 491. The second-order valence-electron chi connectivity index (χ2n) is 5.05. The van der Waals surface area contributed by atoms with Crippen molar-refractivity contribution in [1.82, 2.24) is 9.80 Å². The number of hydrogen-bond acceptors (Lipinski definition) is 4. The zero-order valence-electron chi connectivity index (χ0n) is 12.5. The van der Waals surface area contributed by atoms with Crippen molar-refractivity contribution in [2.24, 2.45) is 0 Å². The Hall–Kier alpha value is -0.910. The lowest BCUT2D eigenvalue weighted by Gasteiger charge is -2.35. The van der Waals surface area contributed by atoms with Crippen molar-refractivity contribution in [2.75, 3.05) is 45.3 Å². The highest BCUT2D eigenvalue weighted by atomic mass is 35.5. The highest BCUT2D eigenvalue weighted by molar-refractivity contribution is 7.99. The maximum atomic E-state index is 11.9. The van der Waals surface area contributed by atoms with E-state index in [-0.39, 0.29) is 5.91 Å². The van der Waals surface area contributed by atoms with Crippen molar-refractivity contribution in [1.29, 1.82) is 0 Å². The van der Waals surface area contributed by atoms with Gasteiger partial charge in [-0.1, -0.05) is 11.6 Å². The Morgan fingerprint density at radius 2 is 2.05 bits per heavy atom. The molecule has 1 amide bonds. The molecule has 1 aromatic rings. The molecule has 0 aromatic heterocycles. The fraction of sp³-hybridized carbons (Fsp3) is 0.533. The third kappa shape index (κ3) is 4.53. The van der Waals surface area contributed by atoms with Crippen LogP contribution in [0.3, 0.4) is 0 Å². The number of thioether (sulfide) groups is 1. The van der Waals surface area contributed by atoms with E-state index >= 15 is 0 Å².